The molecule has 14 heavy (non-hydrogen) atoms. The van der Waals surface area contributed by atoms with Gasteiger partial charge in [-0.25, -0.2) is 4.79 Å². The standard InChI is InChI=1S/C10H8BrNO2/c1-12-8-4-7(10(13)14)3-2-6(8)5-9(12)11/h2-5H,1H3,(H,13,14). The van der Waals surface area contributed by atoms with Crippen LogP contribution in [-0.2, 0) is 7.05 Å². The van der Waals surface area contributed by atoms with E-state index in [9.17, 15) is 4.79 Å². The highest BCUT2D eigenvalue weighted by atomic mass is 79.9. The molecule has 0 unspecified atom stereocenters. The lowest BCUT2D eigenvalue weighted by Gasteiger charge is -1.98. The molecule has 0 spiro atoms. The quantitative estimate of drug-likeness (QED) is 0.849. The third kappa shape index (κ3) is 1.32. The second kappa shape index (κ2) is 3.13. The maximum absolute atomic E-state index is 10.7. The van der Waals surface area contributed by atoms with Gasteiger partial charge < -0.3 is 9.67 Å². The average Bonchev–Trinajstić information content (AvgIpc) is 2.43. The third-order valence-corrected chi connectivity index (χ3v) is 2.99. The van der Waals surface area contributed by atoms with E-state index >= 15 is 0 Å². The van der Waals surface area contributed by atoms with Crippen molar-refractivity contribution in [2.45, 2.75) is 0 Å². The average molecular weight is 254 g/mol. The maximum atomic E-state index is 10.7. The summed E-state index contributed by atoms with van der Waals surface area (Å²) in [6.45, 7) is 0. The number of aromatic nitrogens is 1. The van der Waals surface area contributed by atoms with Gasteiger partial charge in [0.05, 0.1) is 10.2 Å². The number of hydrogen-bond acceptors (Lipinski definition) is 1. The number of aromatic carboxylic acids is 1. The van der Waals surface area contributed by atoms with Crippen LogP contribution in [0.4, 0.5) is 0 Å². The van der Waals surface area contributed by atoms with Crippen molar-refractivity contribution in [3.63, 3.8) is 0 Å². The van der Waals surface area contributed by atoms with E-state index in [1.54, 1.807) is 12.1 Å². The van der Waals surface area contributed by atoms with Crippen molar-refractivity contribution in [1.29, 1.82) is 0 Å². The van der Waals surface area contributed by atoms with Crippen LogP contribution in [-0.4, -0.2) is 15.6 Å². The summed E-state index contributed by atoms with van der Waals surface area (Å²) < 4.78 is 2.84. The molecule has 0 atom stereocenters. The fraction of sp³-hybridized carbons (Fsp3) is 0.100. The Morgan fingerprint density at radius 3 is 2.79 bits per heavy atom. The molecule has 72 valence electrons. The zero-order valence-electron chi connectivity index (χ0n) is 7.49. The largest absolute Gasteiger partial charge is 0.478 e. The number of rotatable bonds is 1. The molecule has 1 aromatic carbocycles. The van der Waals surface area contributed by atoms with Crippen LogP contribution in [0.3, 0.4) is 0 Å². The number of halogens is 1. The number of carboxylic acid groups (broad SMARTS) is 1. The smallest absolute Gasteiger partial charge is 0.335 e. The number of benzene rings is 1. The fourth-order valence-corrected chi connectivity index (χ4v) is 1.87. The molecule has 0 fully saturated rings. The number of carboxylic acids is 1. The Hall–Kier alpha value is -1.29. The van der Waals surface area contributed by atoms with Gasteiger partial charge in [-0.15, -0.1) is 0 Å². The molecule has 0 saturated heterocycles. The maximum Gasteiger partial charge on any atom is 0.335 e. The summed E-state index contributed by atoms with van der Waals surface area (Å²) in [5.74, 6) is -0.899. The highest BCUT2D eigenvalue weighted by molar-refractivity contribution is 9.10. The number of fused-ring (bicyclic) bond motifs is 1. The van der Waals surface area contributed by atoms with E-state index in [2.05, 4.69) is 15.9 Å². The summed E-state index contributed by atoms with van der Waals surface area (Å²) in [6.07, 6.45) is 0. The lowest BCUT2D eigenvalue weighted by atomic mass is 10.2. The van der Waals surface area contributed by atoms with Crippen molar-refractivity contribution >= 4 is 32.8 Å². The Kier molecular flexibility index (Phi) is 2.07. The molecule has 0 amide bonds. The van der Waals surface area contributed by atoms with Gasteiger partial charge in [0.1, 0.15) is 0 Å². The fourth-order valence-electron chi connectivity index (χ4n) is 1.43. The predicted molar refractivity (Wildman–Crippen MR) is 57.6 cm³/mol. The number of aryl methyl sites for hydroxylation is 1. The van der Waals surface area contributed by atoms with Crippen LogP contribution < -0.4 is 0 Å². The molecule has 0 radical (unpaired) electrons. The Morgan fingerprint density at radius 2 is 2.14 bits per heavy atom. The van der Waals surface area contributed by atoms with Crippen molar-refractivity contribution in [2.24, 2.45) is 7.05 Å². The van der Waals surface area contributed by atoms with Crippen molar-refractivity contribution < 1.29 is 9.90 Å². The highest BCUT2D eigenvalue weighted by Crippen LogP contribution is 2.23. The minimum Gasteiger partial charge on any atom is -0.478 e. The summed E-state index contributed by atoms with van der Waals surface area (Å²) in [4.78, 5) is 10.7. The molecule has 0 aliphatic carbocycles. The minimum atomic E-state index is -0.899. The predicted octanol–water partition coefficient (Wildman–Crippen LogP) is 2.64. The molecule has 2 aromatic rings. The van der Waals surface area contributed by atoms with Crippen LogP contribution in [0.5, 0.6) is 0 Å². The molecule has 0 aliphatic rings. The first-order valence-electron chi connectivity index (χ1n) is 4.08. The van der Waals surface area contributed by atoms with Crippen LogP contribution in [0.1, 0.15) is 10.4 Å². The van der Waals surface area contributed by atoms with E-state index in [1.807, 2.05) is 23.7 Å². The molecule has 0 saturated carbocycles. The number of carbonyl (C=O) groups is 1. The monoisotopic (exact) mass is 253 g/mol. The van der Waals surface area contributed by atoms with E-state index < -0.39 is 5.97 Å². The molecule has 1 heterocycles. The van der Waals surface area contributed by atoms with Crippen LogP contribution in [0, 0.1) is 0 Å². The first-order chi connectivity index (χ1) is 6.59. The second-order valence-electron chi connectivity index (χ2n) is 3.10. The van der Waals surface area contributed by atoms with Gasteiger partial charge in [-0.3, -0.25) is 0 Å². The Labute approximate surface area is 89.1 Å². The van der Waals surface area contributed by atoms with Gasteiger partial charge in [0, 0.05) is 18.0 Å². The van der Waals surface area contributed by atoms with Crippen LogP contribution >= 0.6 is 15.9 Å². The third-order valence-electron chi connectivity index (χ3n) is 2.23. The Balaban J connectivity index is 2.76. The minimum absolute atomic E-state index is 0.311. The van der Waals surface area contributed by atoms with E-state index in [-0.39, 0.29) is 0 Å². The van der Waals surface area contributed by atoms with Gasteiger partial charge in [-0.1, -0.05) is 6.07 Å². The van der Waals surface area contributed by atoms with Gasteiger partial charge in [-0.05, 0) is 34.1 Å². The zero-order valence-corrected chi connectivity index (χ0v) is 9.08. The van der Waals surface area contributed by atoms with E-state index in [4.69, 9.17) is 5.11 Å². The molecule has 0 bridgehead atoms. The number of hydrogen-bond donors (Lipinski definition) is 1. The summed E-state index contributed by atoms with van der Waals surface area (Å²) in [5.41, 5.74) is 1.22. The molecule has 0 aliphatic heterocycles. The molecule has 4 heteroatoms. The van der Waals surface area contributed by atoms with E-state index in [0.29, 0.717) is 5.56 Å². The summed E-state index contributed by atoms with van der Waals surface area (Å²) in [7, 11) is 1.89. The van der Waals surface area contributed by atoms with E-state index in [0.717, 1.165) is 15.5 Å². The summed E-state index contributed by atoms with van der Waals surface area (Å²) in [5, 5.41) is 9.85. The summed E-state index contributed by atoms with van der Waals surface area (Å²) in [6, 6.07) is 7.05. The first kappa shape index (κ1) is 9.27. The van der Waals surface area contributed by atoms with E-state index in [1.165, 1.54) is 0 Å². The van der Waals surface area contributed by atoms with Crippen LogP contribution in [0.2, 0.25) is 0 Å². The topological polar surface area (TPSA) is 42.2 Å². The second-order valence-corrected chi connectivity index (χ2v) is 3.92. The van der Waals surface area contributed by atoms with Crippen molar-refractivity contribution in [3.8, 4) is 0 Å². The highest BCUT2D eigenvalue weighted by Gasteiger charge is 2.07. The van der Waals surface area contributed by atoms with Crippen LogP contribution in [0.15, 0.2) is 28.9 Å². The number of nitrogens with zero attached hydrogens (tertiary/aromatic N) is 1. The first-order valence-corrected chi connectivity index (χ1v) is 4.87. The molecule has 3 nitrogen and oxygen atoms in total. The van der Waals surface area contributed by atoms with Gasteiger partial charge in [0.2, 0.25) is 0 Å². The van der Waals surface area contributed by atoms with Gasteiger partial charge in [-0.2, -0.15) is 0 Å². The molecule has 2 rings (SSSR count). The van der Waals surface area contributed by atoms with Gasteiger partial charge in [0.15, 0.2) is 0 Å². The van der Waals surface area contributed by atoms with Gasteiger partial charge >= 0.3 is 5.97 Å². The van der Waals surface area contributed by atoms with Crippen molar-refractivity contribution in [1.82, 2.24) is 4.57 Å². The molecular formula is C10H8BrNO2. The van der Waals surface area contributed by atoms with Crippen LogP contribution in [0.25, 0.3) is 10.9 Å². The Bertz CT molecular complexity index is 516. The van der Waals surface area contributed by atoms with Crippen molar-refractivity contribution in [2.75, 3.05) is 0 Å². The van der Waals surface area contributed by atoms with Crippen molar-refractivity contribution in [3.05, 3.63) is 34.4 Å². The summed E-state index contributed by atoms with van der Waals surface area (Å²) >= 11 is 3.39. The zero-order chi connectivity index (χ0) is 10.3. The normalized spacial score (nSPS) is 10.7. The molecular weight excluding hydrogens is 246 g/mol. The lowest BCUT2D eigenvalue weighted by Crippen LogP contribution is -1.96. The lowest BCUT2D eigenvalue weighted by molar-refractivity contribution is 0.0697. The molecule has 1 N–H and O–H groups in total. The SMILES string of the molecule is Cn1c(Br)cc2ccc(C(=O)O)cc21. The van der Waals surface area contributed by atoms with Gasteiger partial charge in [0.25, 0.3) is 0 Å². The molecule has 1 aromatic heterocycles. The Morgan fingerprint density at radius 1 is 1.43 bits per heavy atom.